The summed E-state index contributed by atoms with van der Waals surface area (Å²) in [5, 5.41) is 3.40. The molecule has 0 radical (unpaired) electrons. The molecule has 0 spiro atoms. The Labute approximate surface area is 150 Å². The summed E-state index contributed by atoms with van der Waals surface area (Å²) in [6.07, 6.45) is 0. The molecule has 2 amide bonds. The van der Waals surface area contributed by atoms with E-state index >= 15 is 0 Å². The molecule has 0 atom stereocenters. The molecular weight excluding hydrogens is 344 g/mol. The number of aryl methyl sites for hydroxylation is 1. The summed E-state index contributed by atoms with van der Waals surface area (Å²) in [5.41, 5.74) is 2.07. The number of hydrogen-bond donors (Lipinski definition) is 1. The van der Waals surface area contributed by atoms with Gasteiger partial charge in [0.1, 0.15) is 6.54 Å². The standard InChI is InChI=1S/C18H17ClN2O4/c1-11-7-13(19)3-5-15(11)20-18(23)9-21(12(2)22)14-4-6-16-17(8-14)25-10-24-16/h3-8H,9-10H2,1-2H3,(H,20,23). The molecule has 0 saturated heterocycles. The Balaban J connectivity index is 1.75. The predicted octanol–water partition coefficient (Wildman–Crippen LogP) is 3.37. The molecule has 130 valence electrons. The van der Waals surface area contributed by atoms with Gasteiger partial charge in [-0.05, 0) is 42.8 Å². The molecule has 0 bridgehead atoms. The van der Waals surface area contributed by atoms with Crippen LogP contribution in [0.4, 0.5) is 11.4 Å². The van der Waals surface area contributed by atoms with Crippen LogP contribution < -0.4 is 19.7 Å². The molecule has 2 aromatic carbocycles. The highest BCUT2D eigenvalue weighted by Crippen LogP contribution is 2.35. The number of carbonyl (C=O) groups is 2. The average molecular weight is 361 g/mol. The molecular formula is C18H17ClN2O4. The lowest BCUT2D eigenvalue weighted by Gasteiger charge is -2.21. The molecule has 7 heteroatoms. The fraction of sp³-hybridized carbons (Fsp3) is 0.222. The number of halogens is 1. The number of benzene rings is 2. The number of amides is 2. The van der Waals surface area contributed by atoms with Gasteiger partial charge in [0.15, 0.2) is 11.5 Å². The van der Waals surface area contributed by atoms with Gasteiger partial charge < -0.3 is 19.7 Å². The highest BCUT2D eigenvalue weighted by Gasteiger charge is 2.20. The van der Waals surface area contributed by atoms with Crippen LogP contribution in [0.2, 0.25) is 5.02 Å². The normalized spacial score (nSPS) is 12.0. The van der Waals surface area contributed by atoms with Crippen LogP contribution in [0.3, 0.4) is 0 Å². The van der Waals surface area contributed by atoms with Crippen LogP contribution in [0.5, 0.6) is 11.5 Å². The van der Waals surface area contributed by atoms with E-state index in [0.717, 1.165) is 5.56 Å². The van der Waals surface area contributed by atoms with E-state index in [1.807, 2.05) is 6.92 Å². The lowest BCUT2D eigenvalue weighted by molar-refractivity contribution is -0.120. The minimum atomic E-state index is -0.307. The molecule has 3 rings (SSSR count). The van der Waals surface area contributed by atoms with Crippen molar-refractivity contribution in [3.05, 3.63) is 47.0 Å². The van der Waals surface area contributed by atoms with Crippen molar-refractivity contribution in [2.24, 2.45) is 0 Å². The highest BCUT2D eigenvalue weighted by atomic mass is 35.5. The van der Waals surface area contributed by atoms with Crippen molar-refractivity contribution in [1.29, 1.82) is 0 Å². The third-order valence-corrected chi connectivity index (χ3v) is 4.05. The molecule has 1 N–H and O–H groups in total. The number of carbonyl (C=O) groups excluding carboxylic acids is 2. The average Bonchev–Trinajstić information content (AvgIpc) is 3.02. The van der Waals surface area contributed by atoms with Crippen LogP contribution in [0.25, 0.3) is 0 Å². The first kappa shape index (κ1) is 17.1. The maximum atomic E-state index is 12.4. The summed E-state index contributed by atoms with van der Waals surface area (Å²) < 4.78 is 10.6. The second kappa shape index (κ2) is 7.03. The van der Waals surface area contributed by atoms with E-state index in [9.17, 15) is 9.59 Å². The Morgan fingerprint density at radius 3 is 2.64 bits per heavy atom. The van der Waals surface area contributed by atoms with E-state index in [0.29, 0.717) is 27.9 Å². The van der Waals surface area contributed by atoms with Gasteiger partial charge in [0.2, 0.25) is 18.6 Å². The molecule has 1 aliphatic heterocycles. The summed E-state index contributed by atoms with van der Waals surface area (Å²) in [6.45, 7) is 3.29. The van der Waals surface area contributed by atoms with Gasteiger partial charge in [0, 0.05) is 29.4 Å². The third-order valence-electron chi connectivity index (χ3n) is 3.81. The van der Waals surface area contributed by atoms with E-state index in [1.54, 1.807) is 36.4 Å². The summed E-state index contributed by atoms with van der Waals surface area (Å²) in [7, 11) is 0. The van der Waals surface area contributed by atoms with E-state index < -0.39 is 0 Å². The summed E-state index contributed by atoms with van der Waals surface area (Å²) in [5.74, 6) is 0.617. The van der Waals surface area contributed by atoms with Gasteiger partial charge in [-0.1, -0.05) is 11.6 Å². The topological polar surface area (TPSA) is 67.9 Å². The van der Waals surface area contributed by atoms with Crippen molar-refractivity contribution in [3.8, 4) is 11.5 Å². The lowest BCUT2D eigenvalue weighted by atomic mass is 10.2. The second-order valence-electron chi connectivity index (χ2n) is 5.65. The number of fused-ring (bicyclic) bond motifs is 1. The van der Waals surface area contributed by atoms with Crippen LogP contribution in [0.15, 0.2) is 36.4 Å². The molecule has 25 heavy (non-hydrogen) atoms. The molecule has 0 fully saturated rings. The maximum absolute atomic E-state index is 12.4. The number of nitrogens with zero attached hydrogens (tertiary/aromatic N) is 1. The van der Waals surface area contributed by atoms with Crippen molar-refractivity contribution in [2.45, 2.75) is 13.8 Å². The predicted molar refractivity (Wildman–Crippen MR) is 95.4 cm³/mol. The Bertz CT molecular complexity index is 838. The maximum Gasteiger partial charge on any atom is 0.244 e. The minimum Gasteiger partial charge on any atom is -0.454 e. The van der Waals surface area contributed by atoms with Crippen LogP contribution in [-0.2, 0) is 9.59 Å². The largest absolute Gasteiger partial charge is 0.454 e. The molecule has 6 nitrogen and oxygen atoms in total. The fourth-order valence-corrected chi connectivity index (χ4v) is 2.76. The Hall–Kier alpha value is -2.73. The van der Waals surface area contributed by atoms with Crippen molar-refractivity contribution < 1.29 is 19.1 Å². The molecule has 1 heterocycles. The first-order valence-corrected chi connectivity index (χ1v) is 8.05. The zero-order valence-electron chi connectivity index (χ0n) is 13.8. The van der Waals surface area contributed by atoms with Crippen molar-refractivity contribution in [2.75, 3.05) is 23.6 Å². The molecule has 0 aromatic heterocycles. The highest BCUT2D eigenvalue weighted by molar-refractivity contribution is 6.30. The van der Waals surface area contributed by atoms with Gasteiger partial charge in [0.05, 0.1) is 0 Å². The van der Waals surface area contributed by atoms with Crippen LogP contribution in [-0.4, -0.2) is 25.2 Å². The summed E-state index contributed by atoms with van der Waals surface area (Å²) in [6, 6.07) is 10.3. The van der Waals surface area contributed by atoms with E-state index in [2.05, 4.69) is 5.32 Å². The van der Waals surface area contributed by atoms with Gasteiger partial charge in [0.25, 0.3) is 0 Å². The zero-order valence-corrected chi connectivity index (χ0v) is 14.6. The number of rotatable bonds is 4. The number of ether oxygens (including phenoxy) is 2. The fourth-order valence-electron chi connectivity index (χ4n) is 2.54. The van der Waals surface area contributed by atoms with Crippen molar-refractivity contribution >= 4 is 34.8 Å². The molecule has 0 aliphatic carbocycles. The Morgan fingerprint density at radius 2 is 1.92 bits per heavy atom. The monoisotopic (exact) mass is 360 g/mol. The molecule has 2 aromatic rings. The first-order chi connectivity index (χ1) is 11.9. The zero-order chi connectivity index (χ0) is 18.0. The van der Waals surface area contributed by atoms with Gasteiger partial charge in [-0.2, -0.15) is 0 Å². The van der Waals surface area contributed by atoms with Crippen LogP contribution >= 0.6 is 11.6 Å². The SMILES string of the molecule is CC(=O)N(CC(=O)Nc1ccc(Cl)cc1C)c1ccc2c(c1)OCO2. The van der Waals surface area contributed by atoms with Gasteiger partial charge in [-0.25, -0.2) is 0 Å². The first-order valence-electron chi connectivity index (χ1n) is 7.68. The minimum absolute atomic E-state index is 0.114. The van der Waals surface area contributed by atoms with E-state index in [1.165, 1.54) is 11.8 Å². The van der Waals surface area contributed by atoms with Crippen molar-refractivity contribution in [3.63, 3.8) is 0 Å². The smallest absolute Gasteiger partial charge is 0.244 e. The van der Waals surface area contributed by atoms with Crippen molar-refractivity contribution in [1.82, 2.24) is 0 Å². The van der Waals surface area contributed by atoms with Gasteiger partial charge >= 0.3 is 0 Å². The van der Waals surface area contributed by atoms with E-state index in [-0.39, 0.29) is 25.2 Å². The quantitative estimate of drug-likeness (QED) is 0.907. The van der Waals surface area contributed by atoms with Crippen LogP contribution in [0, 0.1) is 6.92 Å². The third kappa shape index (κ3) is 3.85. The summed E-state index contributed by atoms with van der Waals surface area (Å²) >= 11 is 5.92. The van der Waals surface area contributed by atoms with Gasteiger partial charge in [-0.3, -0.25) is 9.59 Å². The second-order valence-corrected chi connectivity index (χ2v) is 6.09. The number of hydrogen-bond acceptors (Lipinski definition) is 4. The lowest BCUT2D eigenvalue weighted by Crippen LogP contribution is -2.36. The summed E-state index contributed by atoms with van der Waals surface area (Å²) in [4.78, 5) is 25.8. The molecule has 1 aliphatic rings. The molecule has 0 unspecified atom stereocenters. The Kier molecular flexibility index (Phi) is 4.81. The Morgan fingerprint density at radius 1 is 1.16 bits per heavy atom. The number of nitrogens with one attached hydrogen (secondary N) is 1. The van der Waals surface area contributed by atoms with E-state index in [4.69, 9.17) is 21.1 Å². The molecule has 0 saturated carbocycles. The van der Waals surface area contributed by atoms with Gasteiger partial charge in [-0.15, -0.1) is 0 Å². The van der Waals surface area contributed by atoms with Crippen LogP contribution in [0.1, 0.15) is 12.5 Å². The number of anilines is 2.